The third kappa shape index (κ3) is 7.38. The van der Waals surface area contributed by atoms with Crippen molar-refractivity contribution in [3.05, 3.63) is 65.5 Å². The van der Waals surface area contributed by atoms with Gasteiger partial charge in [0, 0.05) is 18.5 Å². The van der Waals surface area contributed by atoms with Crippen molar-refractivity contribution in [2.75, 3.05) is 24.1 Å². The van der Waals surface area contributed by atoms with E-state index in [4.69, 9.17) is 0 Å². The van der Waals surface area contributed by atoms with Crippen molar-refractivity contribution in [2.24, 2.45) is 4.99 Å². The summed E-state index contributed by atoms with van der Waals surface area (Å²) in [5.74, 6) is 0.345. The molecule has 0 aromatic heterocycles. The first-order valence-corrected chi connectivity index (χ1v) is 11.3. The molecule has 6 nitrogen and oxygen atoms in total. The second-order valence-electron chi connectivity index (χ2n) is 7.47. The highest BCUT2D eigenvalue weighted by Gasteiger charge is 2.21. The molecule has 158 valence electrons. The van der Waals surface area contributed by atoms with E-state index in [1.807, 2.05) is 39.0 Å². The number of nitrogens with zero attached hydrogens (tertiary/aromatic N) is 1. The number of anilines is 1. The Balaban J connectivity index is 2.13. The molecule has 0 saturated carbocycles. The van der Waals surface area contributed by atoms with Crippen LogP contribution in [-0.4, -0.2) is 33.7 Å². The molecule has 0 spiro atoms. The van der Waals surface area contributed by atoms with Gasteiger partial charge in [-0.1, -0.05) is 44.2 Å². The highest BCUT2D eigenvalue weighted by Crippen LogP contribution is 2.23. The molecule has 0 amide bonds. The fraction of sp³-hybridized carbons (Fsp3) is 0.381. The number of benzene rings is 2. The molecule has 0 unspecified atom stereocenters. The Morgan fingerprint density at radius 2 is 1.83 bits per heavy atom. The quantitative estimate of drug-likeness (QED) is 0.452. The second-order valence-corrected chi connectivity index (χ2v) is 9.22. The first-order chi connectivity index (χ1) is 13.6. The number of guanidine groups is 1. The van der Waals surface area contributed by atoms with E-state index in [1.165, 1.54) is 6.07 Å². The normalized spacial score (nSPS) is 12.5. The van der Waals surface area contributed by atoms with Gasteiger partial charge < -0.3 is 10.6 Å². The van der Waals surface area contributed by atoms with Gasteiger partial charge in [0.05, 0.1) is 18.5 Å². The predicted octanol–water partition coefficient (Wildman–Crippen LogP) is 3.23. The van der Waals surface area contributed by atoms with Gasteiger partial charge in [-0.2, -0.15) is 0 Å². The number of hydrogen-bond acceptors (Lipinski definition) is 3. The molecule has 0 radical (unpaired) electrons. The van der Waals surface area contributed by atoms with Crippen LogP contribution in [0.4, 0.5) is 10.1 Å². The molecule has 2 rings (SSSR count). The Kier molecular flexibility index (Phi) is 7.61. The van der Waals surface area contributed by atoms with Gasteiger partial charge >= 0.3 is 0 Å². The maximum Gasteiger partial charge on any atom is 0.229 e. The minimum absolute atomic E-state index is 0.258. The van der Waals surface area contributed by atoms with Crippen molar-refractivity contribution < 1.29 is 12.8 Å². The largest absolute Gasteiger partial charge is 0.357 e. The lowest BCUT2D eigenvalue weighted by Gasteiger charge is -2.27. The lowest BCUT2D eigenvalue weighted by molar-refractivity contribution is 0.503. The van der Waals surface area contributed by atoms with Gasteiger partial charge in [0.2, 0.25) is 10.0 Å². The van der Waals surface area contributed by atoms with Crippen LogP contribution in [0.2, 0.25) is 0 Å². The molecule has 3 N–H and O–H groups in total. The Labute approximate surface area is 172 Å². The first-order valence-electron chi connectivity index (χ1n) is 9.44. The minimum Gasteiger partial charge on any atom is -0.357 e. The van der Waals surface area contributed by atoms with Crippen molar-refractivity contribution in [2.45, 2.75) is 32.7 Å². The molecule has 2 aromatic rings. The first kappa shape index (κ1) is 22.7. The van der Waals surface area contributed by atoms with E-state index in [-0.39, 0.29) is 11.2 Å². The summed E-state index contributed by atoms with van der Waals surface area (Å²) in [5, 5.41) is 6.48. The standard InChI is InChI=1S/C21H29FN4O2S/c1-5-23-20(25-15-21(2,3)17-10-8-11-18(22)13-17)24-14-16-9-6-7-12-19(16)26-29(4,27)28/h6-13,26H,5,14-15H2,1-4H3,(H2,23,24,25). The fourth-order valence-electron chi connectivity index (χ4n) is 2.78. The summed E-state index contributed by atoms with van der Waals surface area (Å²) < 4.78 is 39.2. The summed E-state index contributed by atoms with van der Waals surface area (Å²) in [5.41, 5.74) is 1.85. The third-order valence-electron chi connectivity index (χ3n) is 4.37. The zero-order chi connectivity index (χ0) is 21.5. The summed E-state index contributed by atoms with van der Waals surface area (Å²) >= 11 is 0. The number of halogens is 1. The zero-order valence-corrected chi connectivity index (χ0v) is 18.1. The molecular formula is C21H29FN4O2S. The topological polar surface area (TPSA) is 82.6 Å². The fourth-order valence-corrected chi connectivity index (χ4v) is 3.38. The summed E-state index contributed by atoms with van der Waals surface area (Å²) in [6, 6.07) is 13.7. The van der Waals surface area contributed by atoms with Gasteiger partial charge in [-0.05, 0) is 36.2 Å². The number of nitrogens with one attached hydrogen (secondary N) is 3. The number of para-hydroxylation sites is 1. The highest BCUT2D eigenvalue weighted by atomic mass is 32.2. The number of rotatable bonds is 8. The van der Waals surface area contributed by atoms with Crippen LogP contribution in [0.15, 0.2) is 53.5 Å². The van der Waals surface area contributed by atoms with Gasteiger partial charge in [-0.3, -0.25) is 4.72 Å². The molecule has 0 atom stereocenters. The van der Waals surface area contributed by atoms with E-state index >= 15 is 0 Å². The van der Waals surface area contributed by atoms with Crippen LogP contribution in [0.5, 0.6) is 0 Å². The van der Waals surface area contributed by atoms with Gasteiger partial charge in [0.15, 0.2) is 5.96 Å². The monoisotopic (exact) mass is 420 g/mol. The van der Waals surface area contributed by atoms with Crippen LogP contribution in [0.25, 0.3) is 0 Å². The maximum absolute atomic E-state index is 13.6. The predicted molar refractivity (Wildman–Crippen MR) is 117 cm³/mol. The molecule has 0 saturated heterocycles. The molecule has 0 aliphatic rings. The minimum atomic E-state index is -3.37. The Hall–Kier alpha value is -2.61. The third-order valence-corrected chi connectivity index (χ3v) is 4.96. The summed E-state index contributed by atoms with van der Waals surface area (Å²) in [6.07, 6.45) is 1.12. The average molecular weight is 421 g/mol. The Morgan fingerprint density at radius 3 is 2.48 bits per heavy atom. The van der Waals surface area contributed by atoms with E-state index in [0.29, 0.717) is 31.3 Å². The van der Waals surface area contributed by atoms with Crippen LogP contribution in [-0.2, 0) is 22.0 Å². The number of hydrogen-bond donors (Lipinski definition) is 3. The molecule has 0 heterocycles. The van der Waals surface area contributed by atoms with E-state index in [9.17, 15) is 12.8 Å². The molecule has 0 aliphatic heterocycles. The molecule has 0 bridgehead atoms. The van der Waals surface area contributed by atoms with Crippen molar-refractivity contribution in [1.82, 2.24) is 10.6 Å². The van der Waals surface area contributed by atoms with Crippen LogP contribution in [0.1, 0.15) is 31.9 Å². The van der Waals surface area contributed by atoms with Crippen LogP contribution < -0.4 is 15.4 Å². The van der Waals surface area contributed by atoms with Crippen LogP contribution in [0.3, 0.4) is 0 Å². The molecule has 8 heteroatoms. The van der Waals surface area contributed by atoms with Crippen molar-refractivity contribution in [3.8, 4) is 0 Å². The van der Waals surface area contributed by atoms with Gasteiger partial charge in [-0.25, -0.2) is 17.8 Å². The van der Waals surface area contributed by atoms with Crippen molar-refractivity contribution in [3.63, 3.8) is 0 Å². The Morgan fingerprint density at radius 1 is 1.10 bits per heavy atom. The van der Waals surface area contributed by atoms with Gasteiger partial charge in [0.25, 0.3) is 0 Å². The van der Waals surface area contributed by atoms with Gasteiger partial charge in [0.1, 0.15) is 5.82 Å². The highest BCUT2D eigenvalue weighted by molar-refractivity contribution is 7.92. The Bertz CT molecular complexity index is 959. The molecule has 0 fully saturated rings. The van der Waals surface area contributed by atoms with Crippen LogP contribution in [0, 0.1) is 5.82 Å². The maximum atomic E-state index is 13.6. The lowest BCUT2D eigenvalue weighted by Crippen LogP contribution is -2.43. The van der Waals surface area contributed by atoms with Crippen LogP contribution >= 0.6 is 0 Å². The molecular weight excluding hydrogens is 391 g/mol. The smallest absolute Gasteiger partial charge is 0.229 e. The lowest BCUT2D eigenvalue weighted by atomic mass is 9.84. The second kappa shape index (κ2) is 9.73. The van der Waals surface area contributed by atoms with E-state index in [2.05, 4.69) is 20.3 Å². The number of sulfonamides is 1. The summed E-state index contributed by atoms with van der Waals surface area (Å²) in [7, 11) is -3.37. The molecule has 0 aliphatic carbocycles. The SMILES string of the molecule is CCNC(=NCc1ccccc1NS(C)(=O)=O)NCC(C)(C)c1cccc(F)c1. The zero-order valence-electron chi connectivity index (χ0n) is 17.3. The number of aliphatic imine (C=N–C) groups is 1. The molecule has 2 aromatic carbocycles. The van der Waals surface area contributed by atoms with Crippen molar-refractivity contribution >= 4 is 21.7 Å². The van der Waals surface area contributed by atoms with E-state index in [1.54, 1.807) is 24.3 Å². The van der Waals surface area contributed by atoms with E-state index < -0.39 is 10.0 Å². The molecule has 29 heavy (non-hydrogen) atoms. The average Bonchev–Trinajstić information content (AvgIpc) is 2.64. The van der Waals surface area contributed by atoms with Crippen molar-refractivity contribution in [1.29, 1.82) is 0 Å². The summed E-state index contributed by atoms with van der Waals surface area (Å²) in [6.45, 7) is 7.55. The van der Waals surface area contributed by atoms with E-state index in [0.717, 1.165) is 17.4 Å². The summed E-state index contributed by atoms with van der Waals surface area (Å²) in [4.78, 5) is 4.57. The van der Waals surface area contributed by atoms with Gasteiger partial charge in [-0.15, -0.1) is 0 Å².